The van der Waals surface area contributed by atoms with Crippen LogP contribution in [0.3, 0.4) is 0 Å². The third-order valence-electron chi connectivity index (χ3n) is 8.98. The summed E-state index contributed by atoms with van der Waals surface area (Å²) in [5, 5.41) is 2.29. The minimum atomic E-state index is 0.108. The molecule has 184 valence electrons. The van der Waals surface area contributed by atoms with E-state index < -0.39 is 0 Å². The van der Waals surface area contributed by atoms with Gasteiger partial charge in [0.25, 0.3) is 0 Å². The topological polar surface area (TPSA) is 19.6 Å². The van der Waals surface area contributed by atoms with Gasteiger partial charge in [-0.2, -0.15) is 0 Å². The predicted octanol–water partition coefficient (Wildman–Crippen LogP) is 8.27. The maximum atomic E-state index is 6.19. The molecule has 3 nitrogen and oxygen atoms in total. The fraction of sp³-hybridized carbons (Fsp3) is 0. The first kappa shape index (κ1) is 20.7. The van der Waals surface area contributed by atoms with Crippen molar-refractivity contribution in [2.45, 2.75) is 0 Å². The second kappa shape index (κ2) is 7.25. The SMILES string of the molecule is c1ccc2c(c1)-c1cccc3c1B1c4c(cccc4N3c3ccc4oc5ccccc5c4c3)-c3ccccc3N12. The molecule has 0 radical (unpaired) electrons. The lowest BCUT2D eigenvalue weighted by Crippen LogP contribution is -2.63. The summed E-state index contributed by atoms with van der Waals surface area (Å²) in [5.74, 6) is 0. The largest absolute Gasteiger partial charge is 0.456 e. The van der Waals surface area contributed by atoms with E-state index in [1.807, 2.05) is 12.1 Å². The molecule has 1 aromatic heterocycles. The molecule has 0 amide bonds. The number of rotatable bonds is 1. The van der Waals surface area contributed by atoms with Crippen LogP contribution in [-0.4, -0.2) is 6.85 Å². The molecule has 0 saturated carbocycles. The maximum Gasteiger partial charge on any atom is 0.333 e. The van der Waals surface area contributed by atoms with E-state index in [0.717, 1.165) is 27.6 Å². The summed E-state index contributed by atoms with van der Waals surface area (Å²) >= 11 is 0. The molecule has 7 aromatic rings. The van der Waals surface area contributed by atoms with E-state index in [1.54, 1.807) is 0 Å². The van der Waals surface area contributed by atoms with Gasteiger partial charge in [0.15, 0.2) is 0 Å². The van der Waals surface area contributed by atoms with Crippen molar-refractivity contribution in [1.82, 2.24) is 0 Å². The zero-order valence-electron chi connectivity index (χ0n) is 21.5. The molecule has 6 aromatic carbocycles. The van der Waals surface area contributed by atoms with Crippen LogP contribution in [0.25, 0.3) is 44.2 Å². The van der Waals surface area contributed by atoms with Gasteiger partial charge in [-0.15, -0.1) is 0 Å². The molecule has 10 rings (SSSR count). The van der Waals surface area contributed by atoms with Gasteiger partial charge >= 0.3 is 6.85 Å². The van der Waals surface area contributed by atoms with Crippen LogP contribution in [0, 0.1) is 0 Å². The minimum absolute atomic E-state index is 0.108. The molecule has 3 aliphatic heterocycles. The molecule has 0 bridgehead atoms. The van der Waals surface area contributed by atoms with Crippen LogP contribution in [-0.2, 0) is 0 Å². The highest BCUT2D eigenvalue weighted by Gasteiger charge is 2.48. The van der Waals surface area contributed by atoms with Crippen LogP contribution >= 0.6 is 0 Å². The van der Waals surface area contributed by atoms with E-state index in [4.69, 9.17) is 4.42 Å². The molecular formula is C36H21BN2O. The highest BCUT2D eigenvalue weighted by Crippen LogP contribution is 2.51. The van der Waals surface area contributed by atoms with Crippen molar-refractivity contribution in [2.75, 3.05) is 9.71 Å². The molecule has 4 heteroatoms. The third kappa shape index (κ3) is 2.43. The van der Waals surface area contributed by atoms with Crippen LogP contribution in [0.2, 0.25) is 0 Å². The van der Waals surface area contributed by atoms with Gasteiger partial charge in [-0.05, 0) is 70.6 Å². The van der Waals surface area contributed by atoms with Crippen molar-refractivity contribution in [3.8, 4) is 22.3 Å². The first-order chi connectivity index (χ1) is 19.9. The van der Waals surface area contributed by atoms with Gasteiger partial charge in [0.2, 0.25) is 0 Å². The summed E-state index contributed by atoms with van der Waals surface area (Å²) in [4.78, 5) is 5.04. The van der Waals surface area contributed by atoms with Gasteiger partial charge < -0.3 is 14.1 Å². The van der Waals surface area contributed by atoms with Crippen LogP contribution in [0.15, 0.2) is 132 Å². The van der Waals surface area contributed by atoms with Gasteiger partial charge in [-0.3, -0.25) is 0 Å². The summed E-state index contributed by atoms with van der Waals surface area (Å²) in [6.45, 7) is 0.108. The third-order valence-corrected chi connectivity index (χ3v) is 8.98. The standard InChI is InChI=1S/C36H21BN2O/c1-4-14-29-23(9-1)26-12-7-16-31-35(26)37-36-27(24-10-2-5-15-30(24)39(29)37)13-8-17-32(36)38(31)22-19-20-34-28(21-22)25-11-3-6-18-33(25)40-34/h1-21H. The Morgan fingerprint density at radius 1 is 0.450 bits per heavy atom. The van der Waals surface area contributed by atoms with Gasteiger partial charge in [0, 0.05) is 50.3 Å². The van der Waals surface area contributed by atoms with Gasteiger partial charge in [0.1, 0.15) is 11.2 Å². The maximum absolute atomic E-state index is 6.19. The highest BCUT2D eigenvalue weighted by atomic mass is 16.3. The number of para-hydroxylation sites is 3. The second-order valence-electron chi connectivity index (χ2n) is 10.9. The minimum Gasteiger partial charge on any atom is -0.456 e. The summed E-state index contributed by atoms with van der Waals surface area (Å²) < 4.78 is 6.19. The molecule has 0 saturated heterocycles. The average Bonchev–Trinajstić information content (AvgIpc) is 3.39. The van der Waals surface area contributed by atoms with Crippen molar-refractivity contribution in [3.05, 3.63) is 127 Å². The Kier molecular flexibility index (Phi) is 3.75. The molecule has 40 heavy (non-hydrogen) atoms. The Balaban J connectivity index is 1.34. The molecule has 0 unspecified atom stereocenters. The Hall–Kier alpha value is -5.22. The molecular weight excluding hydrogens is 487 g/mol. The van der Waals surface area contributed by atoms with Gasteiger partial charge in [0.05, 0.1) is 0 Å². The molecule has 0 atom stereocenters. The number of anilines is 5. The molecule has 4 heterocycles. The second-order valence-corrected chi connectivity index (χ2v) is 10.9. The van der Waals surface area contributed by atoms with Gasteiger partial charge in [-0.1, -0.05) is 78.9 Å². The normalized spacial score (nSPS) is 13.8. The Morgan fingerprint density at radius 2 is 1.00 bits per heavy atom. The fourth-order valence-electron chi connectivity index (χ4n) is 7.43. The monoisotopic (exact) mass is 508 g/mol. The van der Waals surface area contributed by atoms with Crippen LogP contribution in [0.1, 0.15) is 0 Å². The number of hydrogen-bond donors (Lipinski definition) is 0. The first-order valence-corrected chi connectivity index (χ1v) is 13.8. The lowest BCUT2D eigenvalue weighted by atomic mass is 9.41. The van der Waals surface area contributed by atoms with Crippen molar-refractivity contribution >= 4 is 68.1 Å². The van der Waals surface area contributed by atoms with Crippen molar-refractivity contribution < 1.29 is 4.42 Å². The Morgan fingerprint density at radius 3 is 1.70 bits per heavy atom. The van der Waals surface area contributed by atoms with E-state index in [9.17, 15) is 0 Å². The number of fused-ring (bicyclic) bond motifs is 9. The fourth-order valence-corrected chi connectivity index (χ4v) is 7.43. The molecule has 3 aliphatic rings. The van der Waals surface area contributed by atoms with Crippen LogP contribution in [0.5, 0.6) is 0 Å². The lowest BCUT2D eigenvalue weighted by molar-refractivity contribution is 0.669. The number of benzene rings is 6. The van der Waals surface area contributed by atoms with Crippen molar-refractivity contribution in [1.29, 1.82) is 0 Å². The van der Waals surface area contributed by atoms with E-state index in [1.165, 1.54) is 55.9 Å². The predicted molar refractivity (Wildman–Crippen MR) is 166 cm³/mol. The van der Waals surface area contributed by atoms with E-state index >= 15 is 0 Å². The summed E-state index contributed by atoms with van der Waals surface area (Å²) in [6.07, 6.45) is 0. The van der Waals surface area contributed by atoms with Crippen molar-refractivity contribution in [2.24, 2.45) is 0 Å². The van der Waals surface area contributed by atoms with Crippen molar-refractivity contribution in [3.63, 3.8) is 0 Å². The molecule has 0 spiro atoms. The smallest absolute Gasteiger partial charge is 0.333 e. The Labute approximate surface area is 231 Å². The molecule has 0 aliphatic carbocycles. The van der Waals surface area contributed by atoms with E-state index in [0.29, 0.717) is 0 Å². The zero-order valence-corrected chi connectivity index (χ0v) is 21.5. The zero-order chi connectivity index (χ0) is 25.9. The lowest BCUT2D eigenvalue weighted by Gasteiger charge is -2.49. The summed E-state index contributed by atoms with van der Waals surface area (Å²) in [5.41, 5.74) is 15.9. The number of furan rings is 1. The Bertz CT molecular complexity index is 2110. The number of hydrogen-bond acceptors (Lipinski definition) is 3. The summed E-state index contributed by atoms with van der Waals surface area (Å²) in [6, 6.07) is 46.3. The molecule has 0 N–H and O–H groups in total. The van der Waals surface area contributed by atoms with Gasteiger partial charge in [-0.25, -0.2) is 0 Å². The number of nitrogens with zero attached hydrogens (tertiary/aromatic N) is 2. The average molecular weight is 508 g/mol. The quantitative estimate of drug-likeness (QED) is 0.208. The highest BCUT2D eigenvalue weighted by molar-refractivity contribution is 6.95. The van der Waals surface area contributed by atoms with E-state index in [2.05, 4.69) is 125 Å². The van der Waals surface area contributed by atoms with E-state index in [-0.39, 0.29) is 6.85 Å². The summed E-state index contributed by atoms with van der Waals surface area (Å²) in [7, 11) is 0. The first-order valence-electron chi connectivity index (χ1n) is 13.8. The van der Waals surface area contributed by atoms with Crippen LogP contribution < -0.4 is 20.6 Å². The molecule has 0 fully saturated rings. The van der Waals surface area contributed by atoms with Crippen LogP contribution in [0.4, 0.5) is 28.4 Å².